The van der Waals surface area contributed by atoms with Gasteiger partial charge < -0.3 is 10.1 Å². The smallest absolute Gasteiger partial charge is 0.307 e. The van der Waals surface area contributed by atoms with Crippen molar-refractivity contribution in [2.45, 2.75) is 24.9 Å². The molecule has 0 radical (unpaired) electrons. The number of carbonyl (C=O) groups is 1. The number of hydrogen-bond donors (Lipinski definition) is 2. The highest BCUT2D eigenvalue weighted by molar-refractivity contribution is 6.32. The lowest BCUT2D eigenvalue weighted by molar-refractivity contribution is -0.136. The standard InChI is InChI=1S/C30H23ClFNO3/c1-30(11-10-20(16-27(30)32)19-7-3-2-4-8-19)24-15-22-14-23(29(36)33-26(22)17-25(24)31)21-9-5-6-18(12-21)13-28(34)35/h2-12,14-17,27H,13H2,1H3,(H,33,36)(H,34,35). The summed E-state index contributed by atoms with van der Waals surface area (Å²) in [6.45, 7) is 1.81. The number of aromatic nitrogens is 1. The lowest BCUT2D eigenvalue weighted by atomic mass is 9.73. The van der Waals surface area contributed by atoms with Crippen molar-refractivity contribution in [2.24, 2.45) is 0 Å². The number of allylic oxidation sites excluding steroid dienone is 4. The molecule has 2 atom stereocenters. The molecule has 0 fully saturated rings. The molecule has 36 heavy (non-hydrogen) atoms. The fraction of sp³-hybridized carbons (Fsp3) is 0.133. The number of alkyl halides is 1. The van der Waals surface area contributed by atoms with Crippen LogP contribution in [0.3, 0.4) is 0 Å². The van der Waals surface area contributed by atoms with Crippen LogP contribution in [-0.4, -0.2) is 22.2 Å². The summed E-state index contributed by atoms with van der Waals surface area (Å²) in [6, 6.07) is 21.7. The van der Waals surface area contributed by atoms with Crippen LogP contribution >= 0.6 is 11.6 Å². The first kappa shape index (κ1) is 23.8. The summed E-state index contributed by atoms with van der Waals surface area (Å²) < 4.78 is 15.7. The van der Waals surface area contributed by atoms with E-state index in [1.54, 1.807) is 49.4 Å². The number of H-pyrrole nitrogens is 1. The average molecular weight is 500 g/mol. The Morgan fingerprint density at radius 2 is 1.81 bits per heavy atom. The third-order valence-corrected chi connectivity index (χ3v) is 7.03. The summed E-state index contributed by atoms with van der Waals surface area (Å²) in [5, 5.41) is 10.2. The van der Waals surface area contributed by atoms with E-state index < -0.39 is 17.6 Å². The van der Waals surface area contributed by atoms with Crippen molar-refractivity contribution in [3.05, 3.63) is 123 Å². The van der Waals surface area contributed by atoms with Crippen LogP contribution in [0, 0.1) is 0 Å². The summed E-state index contributed by atoms with van der Waals surface area (Å²) >= 11 is 6.62. The van der Waals surface area contributed by atoms with Crippen molar-refractivity contribution in [1.82, 2.24) is 4.98 Å². The number of aliphatic carboxylic acids is 1. The number of halogens is 2. The van der Waals surface area contributed by atoms with Gasteiger partial charge in [0.25, 0.3) is 5.56 Å². The van der Waals surface area contributed by atoms with E-state index in [0.29, 0.717) is 38.2 Å². The molecular formula is C30H23ClFNO3. The van der Waals surface area contributed by atoms with Crippen LogP contribution in [-0.2, 0) is 16.6 Å². The van der Waals surface area contributed by atoms with Crippen LogP contribution in [0.4, 0.5) is 4.39 Å². The minimum atomic E-state index is -1.32. The van der Waals surface area contributed by atoms with Gasteiger partial charge in [-0.2, -0.15) is 0 Å². The van der Waals surface area contributed by atoms with Gasteiger partial charge in [-0.05, 0) is 64.4 Å². The fourth-order valence-electron chi connectivity index (χ4n) is 4.68. The Kier molecular flexibility index (Phi) is 6.10. The molecule has 0 aliphatic heterocycles. The summed E-state index contributed by atoms with van der Waals surface area (Å²) in [5.41, 5.74) is 3.19. The van der Waals surface area contributed by atoms with Crippen molar-refractivity contribution < 1.29 is 14.3 Å². The second-order valence-corrected chi connectivity index (χ2v) is 9.62. The van der Waals surface area contributed by atoms with Crippen LogP contribution in [0.5, 0.6) is 0 Å². The van der Waals surface area contributed by atoms with Crippen molar-refractivity contribution >= 4 is 34.0 Å². The molecule has 1 aromatic heterocycles. The fourth-order valence-corrected chi connectivity index (χ4v) is 5.05. The highest BCUT2D eigenvalue weighted by atomic mass is 35.5. The monoisotopic (exact) mass is 499 g/mol. The number of carboxylic acids is 1. The maximum absolute atomic E-state index is 15.7. The van der Waals surface area contributed by atoms with Gasteiger partial charge in [0.2, 0.25) is 0 Å². The van der Waals surface area contributed by atoms with Crippen LogP contribution in [0.2, 0.25) is 5.02 Å². The molecule has 3 aromatic carbocycles. The van der Waals surface area contributed by atoms with Crippen LogP contribution in [0.25, 0.3) is 27.6 Å². The molecule has 5 rings (SSSR count). The van der Waals surface area contributed by atoms with Gasteiger partial charge in [-0.15, -0.1) is 0 Å². The van der Waals surface area contributed by atoms with Gasteiger partial charge in [-0.1, -0.05) is 78.4 Å². The van der Waals surface area contributed by atoms with Gasteiger partial charge in [0.05, 0.1) is 6.42 Å². The number of rotatable bonds is 5. The minimum absolute atomic E-state index is 0.139. The molecule has 4 nitrogen and oxygen atoms in total. The summed E-state index contributed by atoms with van der Waals surface area (Å²) in [5.74, 6) is -0.946. The molecule has 1 aliphatic rings. The van der Waals surface area contributed by atoms with Gasteiger partial charge in [0.15, 0.2) is 0 Å². The Morgan fingerprint density at radius 1 is 1.06 bits per heavy atom. The van der Waals surface area contributed by atoms with Crippen LogP contribution in [0.1, 0.15) is 23.6 Å². The van der Waals surface area contributed by atoms with E-state index in [-0.39, 0.29) is 12.0 Å². The Morgan fingerprint density at radius 3 is 2.53 bits per heavy atom. The predicted octanol–water partition coefficient (Wildman–Crippen LogP) is 6.72. The number of benzene rings is 3. The number of pyridine rings is 1. The van der Waals surface area contributed by atoms with Gasteiger partial charge in [0, 0.05) is 21.5 Å². The van der Waals surface area contributed by atoms with Crippen LogP contribution in [0.15, 0.2) is 95.8 Å². The third kappa shape index (κ3) is 4.38. The first-order valence-corrected chi connectivity index (χ1v) is 11.9. The Balaban J connectivity index is 1.57. The van der Waals surface area contributed by atoms with E-state index in [2.05, 4.69) is 4.98 Å². The van der Waals surface area contributed by atoms with Gasteiger partial charge in [-0.25, -0.2) is 4.39 Å². The quantitative estimate of drug-likeness (QED) is 0.320. The van der Waals surface area contributed by atoms with E-state index in [9.17, 15) is 9.59 Å². The SMILES string of the molecule is CC1(c2cc3cc(-c4cccc(CC(=O)O)c4)c(=O)[nH]c3cc2Cl)C=CC(c2ccccc2)=CC1F. The van der Waals surface area contributed by atoms with Crippen molar-refractivity contribution in [2.75, 3.05) is 0 Å². The zero-order valence-electron chi connectivity index (χ0n) is 19.5. The molecule has 0 amide bonds. The van der Waals surface area contributed by atoms with E-state index in [1.165, 1.54) is 0 Å². The Hall–Kier alpha value is -3.96. The topological polar surface area (TPSA) is 70.2 Å². The zero-order valence-corrected chi connectivity index (χ0v) is 20.2. The van der Waals surface area contributed by atoms with Gasteiger partial charge in [-0.3, -0.25) is 9.59 Å². The molecule has 2 unspecified atom stereocenters. The summed E-state index contributed by atoms with van der Waals surface area (Å²) in [6.07, 6.45) is 3.91. The maximum Gasteiger partial charge on any atom is 0.307 e. The number of carboxylic acid groups (broad SMARTS) is 1. The molecule has 4 aromatic rings. The zero-order chi connectivity index (χ0) is 25.4. The van der Waals surface area contributed by atoms with Crippen molar-refractivity contribution in [1.29, 1.82) is 0 Å². The molecule has 0 saturated heterocycles. The lowest BCUT2D eigenvalue weighted by Gasteiger charge is -2.33. The highest BCUT2D eigenvalue weighted by Gasteiger charge is 2.37. The third-order valence-electron chi connectivity index (χ3n) is 6.72. The lowest BCUT2D eigenvalue weighted by Crippen LogP contribution is -2.32. The second kappa shape index (κ2) is 9.25. The minimum Gasteiger partial charge on any atom is -0.481 e. The highest BCUT2D eigenvalue weighted by Crippen LogP contribution is 2.42. The molecule has 0 spiro atoms. The van der Waals surface area contributed by atoms with Gasteiger partial charge in [0.1, 0.15) is 6.17 Å². The summed E-state index contributed by atoms with van der Waals surface area (Å²) in [4.78, 5) is 26.8. The first-order chi connectivity index (χ1) is 17.2. The van der Waals surface area contributed by atoms with Crippen molar-refractivity contribution in [3.63, 3.8) is 0 Å². The second-order valence-electron chi connectivity index (χ2n) is 9.21. The predicted molar refractivity (Wildman–Crippen MR) is 142 cm³/mol. The average Bonchev–Trinajstić information content (AvgIpc) is 2.85. The largest absolute Gasteiger partial charge is 0.481 e. The molecule has 2 N–H and O–H groups in total. The van der Waals surface area contributed by atoms with E-state index in [4.69, 9.17) is 16.7 Å². The molecule has 0 saturated carbocycles. The van der Waals surface area contributed by atoms with Gasteiger partial charge >= 0.3 is 5.97 Å². The van der Waals surface area contributed by atoms with Crippen molar-refractivity contribution in [3.8, 4) is 11.1 Å². The first-order valence-electron chi connectivity index (χ1n) is 11.5. The normalized spacial score (nSPS) is 19.3. The van der Waals surface area contributed by atoms with E-state index in [1.807, 2.05) is 48.6 Å². The molecule has 180 valence electrons. The maximum atomic E-state index is 15.7. The van der Waals surface area contributed by atoms with E-state index >= 15 is 4.39 Å². The molecule has 0 bridgehead atoms. The summed E-state index contributed by atoms with van der Waals surface area (Å²) in [7, 11) is 0. The Labute approximate surface area is 212 Å². The molecule has 6 heteroatoms. The number of nitrogens with one attached hydrogen (secondary N) is 1. The van der Waals surface area contributed by atoms with E-state index in [0.717, 1.165) is 11.1 Å². The molecular weight excluding hydrogens is 477 g/mol. The van der Waals surface area contributed by atoms with Crippen LogP contribution < -0.4 is 5.56 Å². The number of hydrogen-bond acceptors (Lipinski definition) is 2. The molecule has 1 heterocycles. The molecule has 1 aliphatic carbocycles. The Bertz CT molecular complexity index is 1610. The number of fused-ring (bicyclic) bond motifs is 1. The number of aromatic amines is 1.